The molecule has 1 aliphatic rings. The topological polar surface area (TPSA) is 77.1 Å². The lowest BCUT2D eigenvalue weighted by Gasteiger charge is -2.27. The monoisotopic (exact) mass is 544 g/mol. The van der Waals surface area contributed by atoms with Crippen molar-refractivity contribution in [2.75, 3.05) is 18.6 Å². The number of anilines is 1. The largest absolute Gasteiger partial charge is 0.496 e. The number of para-hydroxylation sites is 1. The van der Waals surface area contributed by atoms with E-state index in [0.29, 0.717) is 5.75 Å². The molecule has 0 radical (unpaired) electrons. The number of hydrogen-bond donors (Lipinski definition) is 1. The summed E-state index contributed by atoms with van der Waals surface area (Å²) in [5.74, 6) is -0.549. The smallest absolute Gasteiger partial charge is 0.408 e. The van der Waals surface area contributed by atoms with Crippen LogP contribution in [0.4, 0.5) is 14.9 Å². The first kappa shape index (κ1) is 24.8. The van der Waals surface area contributed by atoms with Crippen LogP contribution in [-0.4, -0.2) is 37.4 Å². The normalized spacial score (nSPS) is 15.8. The zero-order chi connectivity index (χ0) is 25.3. The summed E-state index contributed by atoms with van der Waals surface area (Å²) in [7, 11) is 1.55. The van der Waals surface area contributed by atoms with Crippen molar-refractivity contribution in [3.05, 3.63) is 64.4 Å². The van der Waals surface area contributed by atoms with E-state index >= 15 is 0 Å². The lowest BCUT2D eigenvalue weighted by Crippen LogP contribution is -2.51. The van der Waals surface area contributed by atoms with Crippen LogP contribution in [-0.2, 0) is 16.1 Å². The van der Waals surface area contributed by atoms with E-state index in [-0.39, 0.29) is 24.6 Å². The number of nitrogens with one attached hydrogen (secondary N) is 1. The molecule has 0 bridgehead atoms. The number of rotatable bonds is 4. The third-order valence-electron chi connectivity index (χ3n) is 5.47. The maximum absolute atomic E-state index is 14.7. The highest BCUT2D eigenvalue weighted by molar-refractivity contribution is 9.10. The lowest BCUT2D eigenvalue weighted by molar-refractivity contribution is -0.121. The van der Waals surface area contributed by atoms with Gasteiger partial charge in [0.1, 0.15) is 24.0 Å². The van der Waals surface area contributed by atoms with Gasteiger partial charge in [-0.2, -0.15) is 0 Å². The van der Waals surface area contributed by atoms with E-state index in [1.165, 1.54) is 17.0 Å². The number of methoxy groups -OCH3 is 1. The van der Waals surface area contributed by atoms with Gasteiger partial charge in [-0.25, -0.2) is 9.18 Å². The van der Waals surface area contributed by atoms with Crippen LogP contribution < -0.4 is 19.7 Å². The van der Waals surface area contributed by atoms with E-state index in [0.717, 1.165) is 20.8 Å². The molecule has 184 valence electrons. The average Bonchev–Trinajstić information content (AvgIpc) is 2.90. The highest BCUT2D eigenvalue weighted by Gasteiger charge is 2.35. The molecule has 2 amide bonds. The molecule has 1 N–H and O–H groups in total. The lowest BCUT2D eigenvalue weighted by atomic mass is 10.0. The Morgan fingerprint density at radius 1 is 1.23 bits per heavy atom. The first-order valence-electron chi connectivity index (χ1n) is 11.0. The molecule has 0 saturated carbocycles. The molecule has 1 aliphatic heterocycles. The predicted octanol–water partition coefficient (Wildman–Crippen LogP) is 5.57. The minimum absolute atomic E-state index is 0.0590. The van der Waals surface area contributed by atoms with E-state index in [4.69, 9.17) is 14.2 Å². The number of ether oxygens (including phenoxy) is 3. The number of fused-ring (bicyclic) bond motifs is 2. The summed E-state index contributed by atoms with van der Waals surface area (Å²) in [6, 6.07) is 12.8. The summed E-state index contributed by atoms with van der Waals surface area (Å²) in [5, 5.41) is 4.39. The Morgan fingerprint density at radius 2 is 2.00 bits per heavy atom. The van der Waals surface area contributed by atoms with Crippen molar-refractivity contribution in [3.63, 3.8) is 0 Å². The molecular formula is C26H26BrFN2O5. The van der Waals surface area contributed by atoms with Gasteiger partial charge in [-0.05, 0) is 61.9 Å². The van der Waals surface area contributed by atoms with Gasteiger partial charge in [0.25, 0.3) is 5.91 Å². The quantitative estimate of drug-likeness (QED) is 0.464. The minimum Gasteiger partial charge on any atom is -0.496 e. The second kappa shape index (κ2) is 9.73. The van der Waals surface area contributed by atoms with Gasteiger partial charge in [-0.1, -0.05) is 34.1 Å². The Kier molecular flexibility index (Phi) is 6.89. The van der Waals surface area contributed by atoms with Gasteiger partial charge >= 0.3 is 6.09 Å². The molecule has 1 heterocycles. The van der Waals surface area contributed by atoms with Crippen molar-refractivity contribution in [1.29, 1.82) is 0 Å². The zero-order valence-corrected chi connectivity index (χ0v) is 21.4. The first-order chi connectivity index (χ1) is 16.6. The van der Waals surface area contributed by atoms with Gasteiger partial charge in [0.15, 0.2) is 11.6 Å². The van der Waals surface area contributed by atoms with E-state index in [9.17, 15) is 14.0 Å². The molecule has 4 rings (SSSR count). The van der Waals surface area contributed by atoms with Crippen molar-refractivity contribution in [2.45, 2.75) is 39.0 Å². The summed E-state index contributed by atoms with van der Waals surface area (Å²) in [4.78, 5) is 27.6. The second-order valence-electron chi connectivity index (χ2n) is 9.13. The SMILES string of the molecule is COc1ccc2cc(Br)ccc2c1CN1C(=O)[C@@H](NC(=O)OC(C)(C)C)COc2c(F)cccc21. The highest BCUT2D eigenvalue weighted by Crippen LogP contribution is 2.38. The molecule has 3 aromatic carbocycles. The maximum Gasteiger partial charge on any atom is 0.408 e. The fourth-order valence-corrected chi connectivity index (χ4v) is 4.35. The van der Waals surface area contributed by atoms with Crippen LogP contribution >= 0.6 is 15.9 Å². The molecule has 0 saturated heterocycles. The fraction of sp³-hybridized carbons (Fsp3) is 0.308. The summed E-state index contributed by atoms with van der Waals surface area (Å²) < 4.78 is 32.2. The standard InChI is InChI=1S/C26H26BrFN2O5/c1-26(2,3)35-25(32)29-20-14-34-23-19(28)6-5-7-21(23)30(24(20)31)13-18-17-10-9-16(27)12-15(17)8-11-22(18)33-4/h5-12,20H,13-14H2,1-4H3,(H,29,32)/t20-/m0/s1. The predicted molar refractivity (Wildman–Crippen MR) is 134 cm³/mol. The summed E-state index contributed by atoms with van der Waals surface area (Å²) in [5.41, 5.74) is 0.247. The fourth-order valence-electron chi connectivity index (χ4n) is 3.97. The van der Waals surface area contributed by atoms with Crippen LogP contribution in [0.5, 0.6) is 11.5 Å². The number of benzene rings is 3. The van der Waals surface area contributed by atoms with E-state index in [2.05, 4.69) is 21.2 Å². The summed E-state index contributed by atoms with van der Waals surface area (Å²) in [6.07, 6.45) is -0.765. The van der Waals surface area contributed by atoms with Gasteiger partial charge < -0.3 is 24.4 Å². The van der Waals surface area contributed by atoms with Crippen molar-refractivity contribution in [2.24, 2.45) is 0 Å². The second-order valence-corrected chi connectivity index (χ2v) is 10.0. The molecule has 0 aliphatic carbocycles. The number of nitrogens with zero attached hydrogens (tertiary/aromatic N) is 1. The number of hydrogen-bond acceptors (Lipinski definition) is 5. The number of carbonyl (C=O) groups excluding carboxylic acids is 2. The van der Waals surface area contributed by atoms with Crippen molar-refractivity contribution in [1.82, 2.24) is 5.32 Å². The number of halogens is 2. The Morgan fingerprint density at radius 3 is 2.71 bits per heavy atom. The van der Waals surface area contributed by atoms with Crippen LogP contribution in [0.2, 0.25) is 0 Å². The Bertz CT molecular complexity index is 1290. The Hall–Kier alpha value is -3.33. The number of alkyl carbamates (subject to hydrolysis) is 1. The Balaban J connectivity index is 1.77. The molecule has 0 fully saturated rings. The van der Waals surface area contributed by atoms with Crippen molar-refractivity contribution < 1.29 is 28.2 Å². The van der Waals surface area contributed by atoms with Crippen LogP contribution in [0.3, 0.4) is 0 Å². The minimum atomic E-state index is -1.09. The van der Waals surface area contributed by atoms with Crippen LogP contribution in [0.1, 0.15) is 26.3 Å². The average molecular weight is 545 g/mol. The maximum atomic E-state index is 14.7. The molecule has 0 spiro atoms. The molecule has 35 heavy (non-hydrogen) atoms. The van der Waals surface area contributed by atoms with E-state index in [1.54, 1.807) is 33.9 Å². The van der Waals surface area contributed by atoms with Crippen molar-refractivity contribution in [3.8, 4) is 11.5 Å². The highest BCUT2D eigenvalue weighted by atomic mass is 79.9. The third-order valence-corrected chi connectivity index (χ3v) is 5.97. The third kappa shape index (κ3) is 5.35. The van der Waals surface area contributed by atoms with Crippen LogP contribution in [0.15, 0.2) is 53.0 Å². The molecule has 0 aromatic heterocycles. The summed E-state index contributed by atoms with van der Waals surface area (Å²) in [6.45, 7) is 4.98. The molecule has 9 heteroatoms. The molecule has 7 nitrogen and oxygen atoms in total. The van der Waals surface area contributed by atoms with Crippen LogP contribution in [0.25, 0.3) is 10.8 Å². The summed E-state index contributed by atoms with van der Waals surface area (Å²) >= 11 is 3.49. The van der Waals surface area contributed by atoms with Gasteiger partial charge in [0, 0.05) is 10.0 Å². The molecule has 0 unspecified atom stereocenters. The zero-order valence-electron chi connectivity index (χ0n) is 19.9. The van der Waals surface area contributed by atoms with Crippen molar-refractivity contribution >= 4 is 44.4 Å². The van der Waals surface area contributed by atoms with Crippen LogP contribution in [0, 0.1) is 5.82 Å². The Labute approximate surface area is 211 Å². The van der Waals surface area contributed by atoms with E-state index in [1.807, 2.05) is 30.3 Å². The first-order valence-corrected chi connectivity index (χ1v) is 11.8. The molecule has 1 atom stereocenters. The van der Waals surface area contributed by atoms with Gasteiger partial charge in [0.05, 0.1) is 19.3 Å². The van der Waals surface area contributed by atoms with Gasteiger partial charge in [0.2, 0.25) is 0 Å². The van der Waals surface area contributed by atoms with E-state index < -0.39 is 29.5 Å². The van der Waals surface area contributed by atoms with Gasteiger partial charge in [-0.15, -0.1) is 0 Å². The molecular weight excluding hydrogens is 519 g/mol. The van der Waals surface area contributed by atoms with Gasteiger partial charge in [-0.3, -0.25) is 4.79 Å². The number of amides is 2. The number of carbonyl (C=O) groups is 2. The molecule has 3 aromatic rings.